The predicted octanol–water partition coefficient (Wildman–Crippen LogP) is 6.34. The highest BCUT2D eigenvalue weighted by atomic mass is 31.2. The molecule has 0 saturated carbocycles. The predicted molar refractivity (Wildman–Crippen MR) is 126 cm³/mol. The molecule has 0 saturated heterocycles. The largest absolute Gasteiger partial charge is 0.508 e. The zero-order valence-corrected chi connectivity index (χ0v) is 20.2. The number of rotatable bonds is 17. The SMILES string of the molecule is CCCCCCCCCC(=O)N[C@@H](/C=C/P(=O)(OCC)OCC)Cc1ccc(O)cc1. The van der Waals surface area contributed by atoms with E-state index in [0.717, 1.165) is 24.8 Å². The number of nitrogens with one attached hydrogen (secondary N) is 1. The summed E-state index contributed by atoms with van der Waals surface area (Å²) < 4.78 is 23.4. The number of carbonyl (C=O) groups is 1. The second-order valence-corrected chi connectivity index (χ2v) is 9.53. The molecule has 6 nitrogen and oxygen atoms in total. The van der Waals surface area contributed by atoms with Gasteiger partial charge in [-0.2, -0.15) is 0 Å². The Morgan fingerprint density at radius 2 is 1.58 bits per heavy atom. The lowest BCUT2D eigenvalue weighted by Gasteiger charge is -2.18. The molecule has 1 aromatic carbocycles. The Hall–Kier alpha value is -1.62. The van der Waals surface area contributed by atoms with Crippen LogP contribution >= 0.6 is 7.60 Å². The molecule has 0 radical (unpaired) electrons. The van der Waals surface area contributed by atoms with E-state index in [2.05, 4.69) is 12.2 Å². The molecule has 0 aromatic heterocycles. The van der Waals surface area contributed by atoms with Crippen molar-refractivity contribution < 1.29 is 23.5 Å². The third-order valence-corrected chi connectivity index (χ3v) is 6.64. The molecule has 1 rings (SSSR count). The number of amides is 1. The molecule has 2 N–H and O–H groups in total. The van der Waals surface area contributed by atoms with Gasteiger partial charge in [-0.25, -0.2) is 0 Å². The van der Waals surface area contributed by atoms with E-state index in [1.807, 2.05) is 12.1 Å². The second kappa shape index (κ2) is 16.1. The molecule has 0 heterocycles. The van der Waals surface area contributed by atoms with Crippen molar-refractivity contribution in [1.82, 2.24) is 5.32 Å². The first-order valence-corrected chi connectivity index (χ1v) is 13.2. The summed E-state index contributed by atoms with van der Waals surface area (Å²) in [7, 11) is -3.34. The number of aromatic hydroxyl groups is 1. The summed E-state index contributed by atoms with van der Waals surface area (Å²) in [5.74, 6) is 1.61. The number of unbranched alkanes of at least 4 members (excludes halogenated alkanes) is 6. The maximum Gasteiger partial charge on any atom is 0.353 e. The van der Waals surface area contributed by atoms with Crippen LogP contribution in [0.1, 0.15) is 77.7 Å². The topological polar surface area (TPSA) is 84.9 Å². The van der Waals surface area contributed by atoms with Gasteiger partial charge in [0.15, 0.2) is 0 Å². The average Bonchev–Trinajstić information content (AvgIpc) is 2.73. The third kappa shape index (κ3) is 12.7. The Labute approximate surface area is 188 Å². The highest BCUT2D eigenvalue weighted by molar-refractivity contribution is 7.57. The molecule has 1 atom stereocenters. The molecule has 1 aromatic rings. The van der Waals surface area contributed by atoms with Crippen LogP contribution in [0.3, 0.4) is 0 Å². The van der Waals surface area contributed by atoms with Gasteiger partial charge >= 0.3 is 7.60 Å². The van der Waals surface area contributed by atoms with E-state index in [1.54, 1.807) is 32.1 Å². The molecule has 0 aliphatic heterocycles. The van der Waals surface area contributed by atoms with Crippen molar-refractivity contribution in [1.29, 1.82) is 0 Å². The highest BCUT2D eigenvalue weighted by Crippen LogP contribution is 2.49. The molecule has 7 heteroatoms. The normalized spacial score (nSPS) is 12.9. The van der Waals surface area contributed by atoms with E-state index < -0.39 is 7.60 Å². The van der Waals surface area contributed by atoms with Crippen LogP contribution in [0.15, 0.2) is 36.2 Å². The summed E-state index contributed by atoms with van der Waals surface area (Å²) in [5.41, 5.74) is 0.950. The average molecular weight is 454 g/mol. The van der Waals surface area contributed by atoms with Crippen LogP contribution in [0.2, 0.25) is 0 Å². The van der Waals surface area contributed by atoms with E-state index in [-0.39, 0.29) is 30.9 Å². The zero-order chi connectivity index (χ0) is 23.0. The highest BCUT2D eigenvalue weighted by Gasteiger charge is 2.20. The summed E-state index contributed by atoms with van der Waals surface area (Å²) in [6.07, 6.45) is 10.8. The molecular formula is C24H40NO5P. The first-order valence-electron chi connectivity index (χ1n) is 11.6. The molecule has 0 fully saturated rings. The van der Waals surface area contributed by atoms with E-state index >= 15 is 0 Å². The lowest BCUT2D eigenvalue weighted by Crippen LogP contribution is -2.34. The molecule has 31 heavy (non-hydrogen) atoms. The monoisotopic (exact) mass is 453 g/mol. The second-order valence-electron chi connectivity index (χ2n) is 7.63. The molecule has 1 amide bonds. The summed E-state index contributed by atoms with van der Waals surface area (Å²) >= 11 is 0. The fraction of sp³-hybridized carbons (Fsp3) is 0.625. The van der Waals surface area contributed by atoms with Crippen molar-refractivity contribution in [3.63, 3.8) is 0 Å². The van der Waals surface area contributed by atoms with Gasteiger partial charge < -0.3 is 19.5 Å². The molecule has 0 aliphatic rings. The molecule has 176 valence electrons. The Kier molecular flexibility index (Phi) is 14.2. The Morgan fingerprint density at radius 1 is 1.00 bits per heavy atom. The van der Waals surface area contributed by atoms with Crippen LogP contribution in [0, 0.1) is 0 Å². The van der Waals surface area contributed by atoms with Gasteiger partial charge in [-0.05, 0) is 44.4 Å². The summed E-state index contributed by atoms with van der Waals surface area (Å²) in [6.45, 7) is 6.27. The van der Waals surface area contributed by atoms with Crippen LogP contribution < -0.4 is 5.32 Å². The minimum Gasteiger partial charge on any atom is -0.508 e. The molecular weight excluding hydrogens is 413 g/mol. The van der Waals surface area contributed by atoms with Crippen LogP contribution in [-0.4, -0.2) is 30.3 Å². The van der Waals surface area contributed by atoms with Gasteiger partial charge in [-0.1, -0.05) is 63.7 Å². The number of hydrogen-bond acceptors (Lipinski definition) is 5. The van der Waals surface area contributed by atoms with Crippen molar-refractivity contribution in [3.8, 4) is 5.75 Å². The summed E-state index contributed by atoms with van der Waals surface area (Å²) in [5, 5.41) is 12.5. The molecule has 0 aliphatic carbocycles. The summed E-state index contributed by atoms with van der Waals surface area (Å²) in [4.78, 5) is 12.5. The van der Waals surface area contributed by atoms with Crippen LogP contribution in [0.25, 0.3) is 0 Å². The first kappa shape index (κ1) is 27.4. The van der Waals surface area contributed by atoms with Gasteiger partial charge in [-0.15, -0.1) is 0 Å². The number of benzene rings is 1. The van der Waals surface area contributed by atoms with Gasteiger partial charge in [-0.3, -0.25) is 9.36 Å². The minimum absolute atomic E-state index is 0.0235. The fourth-order valence-electron chi connectivity index (χ4n) is 3.27. The molecule has 0 spiro atoms. The lowest BCUT2D eigenvalue weighted by atomic mass is 10.0. The quantitative estimate of drug-likeness (QED) is 0.212. The van der Waals surface area contributed by atoms with Crippen molar-refractivity contribution in [2.45, 2.75) is 84.6 Å². The maximum atomic E-state index is 12.7. The smallest absolute Gasteiger partial charge is 0.353 e. The van der Waals surface area contributed by atoms with Gasteiger partial charge in [0.25, 0.3) is 0 Å². The van der Waals surface area contributed by atoms with Gasteiger partial charge in [0.1, 0.15) is 5.75 Å². The third-order valence-electron chi connectivity index (χ3n) is 4.86. The van der Waals surface area contributed by atoms with Crippen molar-refractivity contribution in [2.24, 2.45) is 0 Å². The first-order chi connectivity index (χ1) is 14.9. The lowest BCUT2D eigenvalue weighted by molar-refractivity contribution is -0.121. The standard InChI is InChI=1S/C24H40NO5P/c1-4-7-8-9-10-11-12-13-24(27)25-22(20-21-14-16-23(26)17-15-21)18-19-31(28,29-5-2)30-6-3/h14-19,22,26H,4-13,20H2,1-3H3,(H,25,27)/b19-18+/t22-/m0/s1. The number of phenols is 1. The molecule has 0 bridgehead atoms. The summed E-state index contributed by atoms with van der Waals surface area (Å²) in [6, 6.07) is 6.49. The number of phenolic OH excluding ortho intramolecular Hbond substituents is 1. The maximum absolute atomic E-state index is 12.7. The van der Waals surface area contributed by atoms with Crippen molar-refractivity contribution in [2.75, 3.05) is 13.2 Å². The van der Waals surface area contributed by atoms with Crippen LogP contribution in [0.4, 0.5) is 0 Å². The molecule has 0 unspecified atom stereocenters. The Bertz CT molecular complexity index is 680. The number of hydrogen-bond donors (Lipinski definition) is 2. The van der Waals surface area contributed by atoms with Gasteiger partial charge in [0.05, 0.1) is 19.3 Å². The van der Waals surface area contributed by atoms with E-state index in [0.29, 0.717) is 12.8 Å². The van der Waals surface area contributed by atoms with Gasteiger partial charge in [0, 0.05) is 12.2 Å². The minimum atomic E-state index is -3.34. The number of carbonyl (C=O) groups excluding carboxylic acids is 1. The van der Waals surface area contributed by atoms with E-state index in [4.69, 9.17) is 9.05 Å². The van der Waals surface area contributed by atoms with Crippen molar-refractivity contribution >= 4 is 13.5 Å². The Balaban J connectivity index is 2.69. The van der Waals surface area contributed by atoms with Crippen LogP contribution in [0.5, 0.6) is 5.75 Å². The fourth-order valence-corrected chi connectivity index (χ4v) is 4.65. The van der Waals surface area contributed by atoms with Crippen LogP contribution in [-0.2, 0) is 24.8 Å². The van der Waals surface area contributed by atoms with Crippen molar-refractivity contribution in [3.05, 3.63) is 41.7 Å². The zero-order valence-electron chi connectivity index (χ0n) is 19.3. The Morgan fingerprint density at radius 3 is 2.16 bits per heavy atom. The van der Waals surface area contributed by atoms with E-state index in [9.17, 15) is 14.5 Å². The van der Waals surface area contributed by atoms with Gasteiger partial charge in [0.2, 0.25) is 5.91 Å². The van der Waals surface area contributed by atoms with E-state index in [1.165, 1.54) is 31.5 Å².